The minimum atomic E-state index is -0.755. The van der Waals surface area contributed by atoms with Crippen molar-refractivity contribution in [3.05, 3.63) is 33.4 Å². The molecular formula is C14H16INO3. The first-order valence-corrected chi connectivity index (χ1v) is 7.39. The zero-order valence-corrected chi connectivity index (χ0v) is 12.6. The van der Waals surface area contributed by atoms with Crippen molar-refractivity contribution in [1.29, 1.82) is 0 Å². The molecule has 1 saturated carbocycles. The Bertz CT molecular complexity index is 489. The first kappa shape index (κ1) is 14.3. The fraction of sp³-hybridized carbons (Fsp3) is 0.429. The molecule has 0 saturated heterocycles. The van der Waals surface area contributed by atoms with Gasteiger partial charge in [-0.2, -0.15) is 0 Å². The Kier molecular flexibility index (Phi) is 4.79. The molecule has 1 amide bonds. The number of nitrogens with one attached hydrogen (secondary N) is 1. The van der Waals surface area contributed by atoms with Crippen LogP contribution in [0.25, 0.3) is 0 Å². The zero-order chi connectivity index (χ0) is 13.8. The number of carbonyl (C=O) groups excluding carboxylic acids is 1. The third kappa shape index (κ3) is 3.92. The van der Waals surface area contributed by atoms with E-state index in [4.69, 9.17) is 5.11 Å². The molecule has 5 heteroatoms. The molecular weight excluding hydrogens is 357 g/mol. The molecule has 0 aliphatic heterocycles. The molecule has 102 valence electrons. The van der Waals surface area contributed by atoms with E-state index in [9.17, 15) is 9.59 Å². The number of carbonyl (C=O) groups is 2. The van der Waals surface area contributed by atoms with Gasteiger partial charge in [-0.15, -0.1) is 0 Å². The van der Waals surface area contributed by atoms with E-state index in [-0.39, 0.29) is 17.9 Å². The molecule has 19 heavy (non-hydrogen) atoms. The Labute approximate surface area is 125 Å². The number of rotatable bonds is 4. The quantitative estimate of drug-likeness (QED) is 0.796. The van der Waals surface area contributed by atoms with Crippen LogP contribution in [0.5, 0.6) is 0 Å². The van der Waals surface area contributed by atoms with Crippen molar-refractivity contribution in [1.82, 2.24) is 5.32 Å². The number of carboxylic acids is 1. The van der Waals surface area contributed by atoms with Crippen LogP contribution >= 0.6 is 22.6 Å². The highest BCUT2D eigenvalue weighted by molar-refractivity contribution is 14.1. The van der Waals surface area contributed by atoms with Crippen LogP contribution in [0.1, 0.15) is 24.8 Å². The van der Waals surface area contributed by atoms with E-state index >= 15 is 0 Å². The average molecular weight is 373 g/mol. The largest absolute Gasteiger partial charge is 0.481 e. The van der Waals surface area contributed by atoms with Crippen LogP contribution in [0.15, 0.2) is 24.3 Å². The molecule has 1 aromatic rings. The fourth-order valence-electron chi connectivity index (χ4n) is 2.43. The molecule has 4 nitrogen and oxygen atoms in total. The summed E-state index contributed by atoms with van der Waals surface area (Å²) in [6.07, 6.45) is 2.32. The topological polar surface area (TPSA) is 66.4 Å². The Balaban J connectivity index is 1.86. The van der Waals surface area contributed by atoms with Crippen LogP contribution in [0.2, 0.25) is 0 Å². The van der Waals surface area contributed by atoms with Crippen molar-refractivity contribution in [2.75, 3.05) is 0 Å². The van der Waals surface area contributed by atoms with E-state index in [1.807, 2.05) is 24.3 Å². The van der Waals surface area contributed by atoms with E-state index in [0.717, 1.165) is 15.6 Å². The SMILES string of the molecule is O=C(Cc1ccccc1I)N[C@H]1CC[C@@H](C(=O)O)C1. The van der Waals surface area contributed by atoms with Crippen molar-refractivity contribution in [2.24, 2.45) is 5.92 Å². The highest BCUT2D eigenvalue weighted by Gasteiger charge is 2.30. The van der Waals surface area contributed by atoms with Crippen LogP contribution in [0.4, 0.5) is 0 Å². The van der Waals surface area contributed by atoms with Gasteiger partial charge in [-0.3, -0.25) is 9.59 Å². The molecule has 0 radical (unpaired) electrons. The highest BCUT2D eigenvalue weighted by Crippen LogP contribution is 2.25. The van der Waals surface area contributed by atoms with Crippen molar-refractivity contribution in [3.63, 3.8) is 0 Å². The minimum Gasteiger partial charge on any atom is -0.481 e. The lowest BCUT2D eigenvalue weighted by Crippen LogP contribution is -2.34. The monoisotopic (exact) mass is 373 g/mol. The molecule has 0 heterocycles. The first-order valence-electron chi connectivity index (χ1n) is 6.32. The van der Waals surface area contributed by atoms with E-state index in [1.165, 1.54) is 0 Å². The minimum absolute atomic E-state index is 0.00923. The van der Waals surface area contributed by atoms with Crippen molar-refractivity contribution < 1.29 is 14.7 Å². The third-order valence-corrected chi connectivity index (χ3v) is 4.51. The molecule has 0 spiro atoms. The summed E-state index contributed by atoms with van der Waals surface area (Å²) in [5.74, 6) is -1.09. The van der Waals surface area contributed by atoms with Gasteiger partial charge in [-0.1, -0.05) is 18.2 Å². The van der Waals surface area contributed by atoms with Gasteiger partial charge in [0.25, 0.3) is 0 Å². The second-order valence-electron chi connectivity index (χ2n) is 4.88. The average Bonchev–Trinajstić information content (AvgIpc) is 2.80. The molecule has 1 aliphatic carbocycles. The lowest BCUT2D eigenvalue weighted by Gasteiger charge is -2.13. The van der Waals surface area contributed by atoms with Gasteiger partial charge in [0.1, 0.15) is 0 Å². The standard InChI is InChI=1S/C14H16INO3/c15-12-4-2-1-3-9(12)8-13(17)16-11-6-5-10(7-11)14(18)19/h1-4,10-11H,5-8H2,(H,16,17)(H,18,19)/t10-,11+/m1/s1. The molecule has 0 bridgehead atoms. The van der Waals surface area contributed by atoms with Gasteiger partial charge < -0.3 is 10.4 Å². The van der Waals surface area contributed by atoms with Gasteiger partial charge in [0, 0.05) is 9.61 Å². The molecule has 1 aliphatic rings. The maximum Gasteiger partial charge on any atom is 0.306 e. The maximum absolute atomic E-state index is 11.9. The van der Waals surface area contributed by atoms with E-state index in [0.29, 0.717) is 19.3 Å². The summed E-state index contributed by atoms with van der Waals surface area (Å²) in [6, 6.07) is 7.78. The predicted molar refractivity (Wildman–Crippen MR) is 79.8 cm³/mol. The smallest absolute Gasteiger partial charge is 0.306 e. The maximum atomic E-state index is 11.9. The van der Waals surface area contributed by atoms with Crippen molar-refractivity contribution in [2.45, 2.75) is 31.7 Å². The summed E-state index contributed by atoms with van der Waals surface area (Å²) < 4.78 is 1.07. The molecule has 0 unspecified atom stereocenters. The van der Waals surface area contributed by atoms with Gasteiger partial charge in [-0.25, -0.2) is 0 Å². The van der Waals surface area contributed by atoms with Crippen LogP contribution < -0.4 is 5.32 Å². The number of carboxylic acid groups (broad SMARTS) is 1. The molecule has 2 N–H and O–H groups in total. The summed E-state index contributed by atoms with van der Waals surface area (Å²) in [6.45, 7) is 0. The van der Waals surface area contributed by atoms with E-state index in [2.05, 4.69) is 27.9 Å². The number of benzene rings is 1. The Morgan fingerprint density at radius 1 is 1.32 bits per heavy atom. The molecule has 1 fully saturated rings. The molecule has 1 aromatic carbocycles. The van der Waals surface area contributed by atoms with Crippen LogP contribution in [0.3, 0.4) is 0 Å². The predicted octanol–water partition coefficient (Wildman–Crippen LogP) is 2.20. The summed E-state index contributed by atoms with van der Waals surface area (Å²) >= 11 is 2.21. The number of hydrogen-bond acceptors (Lipinski definition) is 2. The van der Waals surface area contributed by atoms with Gasteiger partial charge in [0.05, 0.1) is 12.3 Å². The van der Waals surface area contributed by atoms with Gasteiger partial charge in [0.15, 0.2) is 0 Å². The fourth-order valence-corrected chi connectivity index (χ4v) is 3.01. The van der Waals surface area contributed by atoms with E-state index < -0.39 is 5.97 Å². The molecule has 2 atom stereocenters. The summed E-state index contributed by atoms with van der Waals surface area (Å²) in [5, 5.41) is 11.9. The third-order valence-electron chi connectivity index (χ3n) is 3.46. The molecule has 0 aromatic heterocycles. The summed E-state index contributed by atoms with van der Waals surface area (Å²) in [4.78, 5) is 22.8. The highest BCUT2D eigenvalue weighted by atomic mass is 127. The van der Waals surface area contributed by atoms with Crippen LogP contribution in [0, 0.1) is 9.49 Å². The van der Waals surface area contributed by atoms with Gasteiger partial charge in [0.2, 0.25) is 5.91 Å². The lowest BCUT2D eigenvalue weighted by molar-refractivity contribution is -0.141. The second kappa shape index (κ2) is 6.36. The number of halogens is 1. The summed E-state index contributed by atoms with van der Waals surface area (Å²) in [5.41, 5.74) is 1.01. The van der Waals surface area contributed by atoms with Crippen molar-refractivity contribution in [3.8, 4) is 0 Å². The Morgan fingerprint density at radius 2 is 2.05 bits per heavy atom. The zero-order valence-electron chi connectivity index (χ0n) is 10.4. The second-order valence-corrected chi connectivity index (χ2v) is 6.04. The normalized spacial score (nSPS) is 22.2. The molecule has 2 rings (SSSR count). The van der Waals surface area contributed by atoms with Gasteiger partial charge >= 0.3 is 5.97 Å². The van der Waals surface area contributed by atoms with Crippen molar-refractivity contribution >= 4 is 34.5 Å². The number of amides is 1. The number of aliphatic carboxylic acids is 1. The van der Waals surface area contributed by atoms with Crippen LogP contribution in [-0.4, -0.2) is 23.0 Å². The van der Waals surface area contributed by atoms with E-state index in [1.54, 1.807) is 0 Å². The number of hydrogen-bond donors (Lipinski definition) is 2. The lowest BCUT2D eigenvalue weighted by atomic mass is 10.1. The first-order chi connectivity index (χ1) is 9.06. The Hall–Kier alpha value is -1.11. The Morgan fingerprint density at radius 3 is 2.68 bits per heavy atom. The van der Waals surface area contributed by atoms with Crippen LogP contribution in [-0.2, 0) is 16.0 Å². The summed E-state index contributed by atoms with van der Waals surface area (Å²) in [7, 11) is 0. The van der Waals surface area contributed by atoms with Gasteiger partial charge in [-0.05, 0) is 53.5 Å².